The summed E-state index contributed by atoms with van der Waals surface area (Å²) >= 11 is 9.56. The molecule has 1 fully saturated rings. The summed E-state index contributed by atoms with van der Waals surface area (Å²) in [6, 6.07) is 0. The van der Waals surface area contributed by atoms with E-state index in [0.29, 0.717) is 5.92 Å². The summed E-state index contributed by atoms with van der Waals surface area (Å²) in [5.74, 6) is 0.529. The molecule has 0 bridgehead atoms. The highest BCUT2D eigenvalue weighted by molar-refractivity contribution is 7.61. The van der Waals surface area contributed by atoms with Crippen LogP contribution < -0.4 is 0 Å². The van der Waals surface area contributed by atoms with Gasteiger partial charge in [-0.2, -0.15) is 0 Å². The Morgan fingerprint density at radius 3 is 2.67 bits per heavy atom. The molecular weight excluding hydrogens is 152 g/mol. The van der Waals surface area contributed by atoms with Crippen LogP contribution in [0.15, 0.2) is 24.3 Å². The summed E-state index contributed by atoms with van der Waals surface area (Å²) < 4.78 is 0.107. The minimum atomic E-state index is 0.107. The second-order valence-electron chi connectivity index (χ2n) is 2.60. The maximum atomic E-state index is 5.95. The number of rotatable bonds is 0. The molecule has 0 aliphatic heterocycles. The Bertz CT molecular complexity index is 197. The lowest BCUT2D eigenvalue weighted by atomic mass is 10.2. The molecule has 2 aliphatic carbocycles. The summed E-state index contributed by atoms with van der Waals surface area (Å²) in [5, 5.41) is 0.268. The molecule has 3 unspecified atom stereocenters. The summed E-state index contributed by atoms with van der Waals surface area (Å²) in [5.41, 5.74) is 0. The maximum absolute atomic E-state index is 5.95. The normalized spacial score (nSPS) is 53.1. The van der Waals surface area contributed by atoms with Crippen LogP contribution in [0.25, 0.3) is 0 Å². The van der Waals surface area contributed by atoms with Gasteiger partial charge in [-0.15, -0.1) is 11.6 Å². The molecule has 1 saturated carbocycles. The maximum Gasteiger partial charge on any atom is 0.166 e. The molecule has 9 heavy (non-hydrogen) atoms. The van der Waals surface area contributed by atoms with Gasteiger partial charge in [0.05, 0.1) is 11.3 Å². The summed E-state index contributed by atoms with van der Waals surface area (Å²) in [6.07, 6.45) is 8.34. The molecule has 0 aromatic rings. The van der Waals surface area contributed by atoms with E-state index in [-0.39, 0.29) is 10.1 Å². The zero-order valence-corrected chi connectivity index (χ0v) is 6.60. The molecule has 0 radical (unpaired) electrons. The van der Waals surface area contributed by atoms with Gasteiger partial charge in [-0.1, -0.05) is 18.2 Å². The Morgan fingerprint density at radius 1 is 1.44 bits per heavy atom. The molecule has 0 spiro atoms. The number of hydrogen-bond acceptors (Lipinski definition) is 0. The van der Waals surface area contributed by atoms with E-state index in [4.69, 9.17) is 11.6 Å². The molecule has 0 aromatic carbocycles. The van der Waals surface area contributed by atoms with Crippen LogP contribution in [0.4, 0.5) is 0 Å². The first kappa shape index (κ1) is 5.87. The third-order valence-electron chi connectivity index (χ3n) is 2.02. The van der Waals surface area contributed by atoms with E-state index in [1.807, 2.05) is 12.2 Å². The van der Waals surface area contributed by atoms with Crippen LogP contribution >= 0.6 is 11.6 Å². The fraction of sp³-hybridized carbons (Fsp3) is 0.429. The van der Waals surface area contributed by atoms with E-state index in [9.17, 15) is 0 Å². The van der Waals surface area contributed by atoms with Crippen LogP contribution in [-0.2, 0) is 12.6 Å². The van der Waals surface area contributed by atoms with Crippen molar-refractivity contribution in [3.8, 4) is 0 Å². The quantitative estimate of drug-likeness (QED) is 0.367. The molecule has 2 aliphatic rings. The number of allylic oxidation sites excluding steroid dienone is 3. The van der Waals surface area contributed by atoms with E-state index < -0.39 is 0 Å². The minimum absolute atomic E-state index is 0.107. The second kappa shape index (κ2) is 1.58. The van der Waals surface area contributed by atoms with Gasteiger partial charge in [-0.05, 0) is 18.7 Å². The van der Waals surface area contributed by atoms with E-state index in [2.05, 4.69) is 24.8 Å². The smallest absolute Gasteiger partial charge is 0.116 e. The molecule has 3 atom stereocenters. The Kier molecular flexibility index (Phi) is 1.03. The molecule has 0 aromatic heterocycles. The highest BCUT2D eigenvalue weighted by Gasteiger charge is 2.65. The first-order chi connectivity index (χ1) is 4.25. The van der Waals surface area contributed by atoms with Crippen molar-refractivity contribution < 1.29 is 0 Å². The first-order valence-corrected chi connectivity index (χ1v) is 3.94. The van der Waals surface area contributed by atoms with Gasteiger partial charge < -0.3 is 0 Å². The molecule has 0 amide bonds. The van der Waals surface area contributed by atoms with Crippen LogP contribution in [0.5, 0.6) is 0 Å². The van der Waals surface area contributed by atoms with Gasteiger partial charge >= 0.3 is 0 Å². The van der Waals surface area contributed by atoms with Gasteiger partial charge in [0.2, 0.25) is 0 Å². The topological polar surface area (TPSA) is 0 Å². The Labute approximate surface area is 65.0 Å². The summed E-state index contributed by atoms with van der Waals surface area (Å²) in [6.45, 7) is 0. The fourth-order valence-corrected chi connectivity index (χ4v) is 2.25. The van der Waals surface area contributed by atoms with Crippen molar-refractivity contribution in [3.63, 3.8) is 0 Å². The third kappa shape index (κ3) is 0.622. The molecule has 0 heterocycles. The van der Waals surface area contributed by atoms with E-state index in [1.54, 1.807) is 0 Å². The molecule has 0 nitrogen and oxygen atoms in total. The molecule has 48 valence electrons. The van der Waals surface area contributed by atoms with Gasteiger partial charge in [-0.3, -0.25) is 0 Å². The van der Waals surface area contributed by atoms with Crippen molar-refractivity contribution in [2.45, 2.75) is 10.1 Å². The average Bonchev–Trinajstić information content (AvgIpc) is 2.38. The van der Waals surface area contributed by atoms with Gasteiger partial charge in [0.1, 0.15) is 0 Å². The van der Waals surface area contributed by atoms with Crippen LogP contribution in [0.2, 0.25) is 0 Å². The monoisotopic (exact) mass is 159 g/mol. The number of alkyl halides is 1. The number of halogens is 1. The van der Waals surface area contributed by atoms with Crippen molar-refractivity contribution in [1.29, 1.82) is 0 Å². The van der Waals surface area contributed by atoms with Crippen LogP contribution in [0.3, 0.4) is 0 Å². The largest absolute Gasteiger partial charge is 0.166 e. The summed E-state index contributed by atoms with van der Waals surface area (Å²) in [7, 11) is 0. The molecule has 2 rings (SSSR count). The van der Waals surface area contributed by atoms with Crippen molar-refractivity contribution in [2.75, 3.05) is 0 Å². The highest BCUT2D eigenvalue weighted by Crippen LogP contribution is 2.52. The van der Waals surface area contributed by atoms with Crippen molar-refractivity contribution >= 4 is 24.2 Å². The van der Waals surface area contributed by atoms with Crippen LogP contribution in [0.1, 0.15) is 0 Å². The lowest BCUT2D eigenvalue weighted by molar-refractivity contribution is 1.03. The molecule has 0 N–H and O–H groups in total. The van der Waals surface area contributed by atoms with Gasteiger partial charge in [0, 0.05) is 0 Å². The number of hydrogen-bond donors (Lipinski definition) is 0. The minimum Gasteiger partial charge on any atom is -0.116 e. The molecular formula is C7H8ClS+. The zero-order chi connectivity index (χ0) is 6.48. The van der Waals surface area contributed by atoms with Gasteiger partial charge in [0.25, 0.3) is 0 Å². The predicted octanol–water partition coefficient (Wildman–Crippen LogP) is 1.10. The van der Waals surface area contributed by atoms with Crippen LogP contribution in [0, 0.1) is 5.92 Å². The predicted molar refractivity (Wildman–Crippen MR) is 44.3 cm³/mol. The highest BCUT2D eigenvalue weighted by atomic mass is 35.5. The Hall–Kier alpha value is 0.120. The Balaban J connectivity index is 2.33. The van der Waals surface area contributed by atoms with E-state index >= 15 is 0 Å². The average molecular weight is 160 g/mol. The van der Waals surface area contributed by atoms with Gasteiger partial charge in [-0.25, -0.2) is 0 Å². The fourth-order valence-electron chi connectivity index (χ4n) is 1.25. The van der Waals surface area contributed by atoms with Crippen molar-refractivity contribution in [2.24, 2.45) is 5.92 Å². The molecule has 2 heteroatoms. The van der Waals surface area contributed by atoms with E-state index in [1.165, 1.54) is 0 Å². The van der Waals surface area contributed by atoms with Gasteiger partial charge in [0.15, 0.2) is 4.75 Å². The number of fused-ring (bicyclic) bond motifs is 1. The van der Waals surface area contributed by atoms with E-state index in [0.717, 1.165) is 0 Å². The lowest BCUT2D eigenvalue weighted by Crippen LogP contribution is -2.05. The zero-order valence-electron chi connectivity index (χ0n) is 4.84. The molecule has 0 saturated heterocycles. The lowest BCUT2D eigenvalue weighted by Gasteiger charge is -1.95. The standard InChI is InChI=1S/C7H7ClS/c8-6-5-3-1-2-4-7(5,6)9/h1-6,9H/p+1. The first-order valence-electron chi connectivity index (χ1n) is 3.00. The third-order valence-corrected chi connectivity index (χ3v) is 3.64. The SMILES string of the molecule is [SH2+]C12C=CC=CC1C2Cl. The second-order valence-corrected chi connectivity index (χ2v) is 3.94. The summed E-state index contributed by atoms with van der Waals surface area (Å²) in [4.78, 5) is 0. The Morgan fingerprint density at radius 2 is 2.22 bits per heavy atom. The van der Waals surface area contributed by atoms with Crippen molar-refractivity contribution in [1.82, 2.24) is 0 Å². The van der Waals surface area contributed by atoms with Crippen molar-refractivity contribution in [3.05, 3.63) is 24.3 Å². The van der Waals surface area contributed by atoms with Crippen LogP contribution in [-0.4, -0.2) is 10.1 Å².